The van der Waals surface area contributed by atoms with E-state index in [1.54, 1.807) is 0 Å². The highest BCUT2D eigenvalue weighted by atomic mass is 28.3. The van der Waals surface area contributed by atoms with Gasteiger partial charge in [0.2, 0.25) is 0 Å². The lowest BCUT2D eigenvalue weighted by molar-refractivity contribution is 0.801. The molecule has 0 saturated heterocycles. The molecule has 2 aliphatic carbocycles. The van der Waals surface area contributed by atoms with Gasteiger partial charge in [0.05, 0.1) is 5.41 Å². The van der Waals surface area contributed by atoms with E-state index in [4.69, 9.17) is 0 Å². The fourth-order valence-corrected chi connectivity index (χ4v) is 20.5. The molecule has 3 heterocycles. The maximum atomic E-state index is 2.61. The molecule has 0 N–H and O–H groups in total. The lowest BCUT2D eigenvalue weighted by Gasteiger charge is -2.55. The predicted molar refractivity (Wildman–Crippen MR) is 303 cm³/mol. The number of para-hydroxylation sites is 3. The number of nitrogens with zero attached hydrogens (tertiary/aromatic N) is 3. The second-order valence-electron chi connectivity index (χ2n) is 20.2. The molecule has 11 aromatic carbocycles. The molecule has 0 atom stereocenters. The van der Waals surface area contributed by atoms with E-state index in [0.29, 0.717) is 0 Å². The Kier molecular flexibility index (Phi) is 8.17. The molecule has 16 rings (SSSR count). The maximum Gasteiger partial charge on any atom is 0.164 e. The molecular weight excluding hydrogens is 887 g/mol. The van der Waals surface area contributed by atoms with Crippen molar-refractivity contribution in [2.24, 2.45) is 0 Å². The van der Waals surface area contributed by atoms with Gasteiger partial charge in [0.1, 0.15) is 0 Å². The Hall–Kier alpha value is -8.70. The van der Waals surface area contributed by atoms with E-state index in [0.717, 1.165) is 12.5 Å². The molecule has 338 valence electrons. The summed E-state index contributed by atoms with van der Waals surface area (Å²) in [7, 11) is -2.79. The Balaban J connectivity index is 0.991. The number of anilines is 9. The van der Waals surface area contributed by atoms with Crippen molar-refractivity contribution in [2.45, 2.75) is 24.8 Å². The van der Waals surface area contributed by atoms with Gasteiger partial charge in [-0.15, -0.1) is 0 Å². The highest BCUT2D eigenvalue weighted by Gasteiger charge is 2.58. The minimum Gasteiger partial charge on any atom is -0.311 e. The van der Waals surface area contributed by atoms with Crippen molar-refractivity contribution in [3.8, 4) is 33.4 Å². The fourth-order valence-electron chi connectivity index (χ4n) is 14.4. The second-order valence-corrected chi connectivity index (χ2v) is 24.0. The van der Waals surface area contributed by atoms with Crippen molar-refractivity contribution in [3.05, 3.63) is 265 Å². The van der Waals surface area contributed by atoms with Crippen LogP contribution in [0.1, 0.15) is 35.6 Å². The number of benzene rings is 11. The van der Waals surface area contributed by atoms with Crippen molar-refractivity contribution in [1.29, 1.82) is 0 Å². The van der Waals surface area contributed by atoms with Gasteiger partial charge in [-0.25, -0.2) is 0 Å². The van der Waals surface area contributed by atoms with Crippen molar-refractivity contribution in [3.63, 3.8) is 0 Å². The van der Waals surface area contributed by atoms with E-state index < -0.39 is 13.5 Å². The van der Waals surface area contributed by atoms with E-state index in [9.17, 15) is 0 Å². The average molecular weight is 934 g/mol. The smallest absolute Gasteiger partial charge is 0.164 e. The molecule has 3 nitrogen and oxygen atoms in total. The minimum atomic E-state index is -2.79. The lowest BCUT2D eigenvalue weighted by Crippen LogP contribution is -2.75. The Labute approximate surface area is 421 Å². The van der Waals surface area contributed by atoms with E-state index in [2.05, 4.69) is 264 Å². The van der Waals surface area contributed by atoms with Gasteiger partial charge < -0.3 is 14.7 Å². The van der Waals surface area contributed by atoms with Crippen LogP contribution in [0.15, 0.2) is 243 Å². The second kappa shape index (κ2) is 14.7. The van der Waals surface area contributed by atoms with E-state index >= 15 is 0 Å². The number of hydrogen-bond donors (Lipinski definition) is 0. The Morgan fingerprint density at radius 1 is 0.347 bits per heavy atom. The standard InChI is InChI=1S/C68H47N3Si/c1-2-40-72-65-58-32-18-34-60(65)70(48-22-8-4-9-23-48)62-42-46(43-63(67(62)72)71(49-24-10-5-11-25-49)61-35-19-33-59(66(61)72)69(58)47-20-6-3-7-21-47)44-36-38-50-45(41-44)37-39-54-53-28-14-17-31-57(53)68(64(50)54)55-29-15-12-26-51(55)52-27-13-16-30-56(52)68/h3-39,41-43H,2,40H2,1H3. The summed E-state index contributed by atoms with van der Waals surface area (Å²) in [4.78, 5) is 7.78. The first-order chi connectivity index (χ1) is 35.7. The van der Waals surface area contributed by atoms with Crippen LogP contribution in [0.3, 0.4) is 0 Å². The lowest BCUT2D eigenvalue weighted by atomic mass is 9.69. The summed E-state index contributed by atoms with van der Waals surface area (Å²) < 4.78 is 0. The summed E-state index contributed by atoms with van der Waals surface area (Å²) in [5, 5.41) is 7.08. The van der Waals surface area contributed by atoms with Gasteiger partial charge in [0, 0.05) is 51.2 Å². The molecular formula is C68H47N3Si. The van der Waals surface area contributed by atoms with Crippen LogP contribution >= 0.6 is 0 Å². The molecule has 0 bridgehead atoms. The van der Waals surface area contributed by atoms with Crippen LogP contribution in [0.25, 0.3) is 44.2 Å². The van der Waals surface area contributed by atoms with Gasteiger partial charge in [0.15, 0.2) is 8.07 Å². The first-order valence-corrected chi connectivity index (χ1v) is 27.8. The first kappa shape index (κ1) is 40.1. The molecule has 11 aromatic rings. The molecule has 0 radical (unpaired) electrons. The maximum absolute atomic E-state index is 2.79. The summed E-state index contributed by atoms with van der Waals surface area (Å²) in [5.74, 6) is 0. The van der Waals surface area contributed by atoms with Gasteiger partial charge >= 0.3 is 0 Å². The summed E-state index contributed by atoms with van der Waals surface area (Å²) in [6, 6.07) is 93.3. The molecule has 0 aromatic heterocycles. The topological polar surface area (TPSA) is 9.72 Å². The quantitative estimate of drug-likeness (QED) is 0.154. The highest BCUT2D eigenvalue weighted by Crippen LogP contribution is 2.64. The van der Waals surface area contributed by atoms with E-state index in [-0.39, 0.29) is 0 Å². The van der Waals surface area contributed by atoms with Crippen molar-refractivity contribution >= 4 is 85.6 Å². The monoisotopic (exact) mass is 933 g/mol. The first-order valence-electron chi connectivity index (χ1n) is 25.6. The molecule has 72 heavy (non-hydrogen) atoms. The number of hydrogen-bond acceptors (Lipinski definition) is 3. The van der Waals surface area contributed by atoms with Crippen molar-refractivity contribution < 1.29 is 0 Å². The summed E-state index contributed by atoms with van der Waals surface area (Å²) in [6.07, 6.45) is 1.08. The zero-order chi connectivity index (χ0) is 47.3. The molecule has 0 saturated carbocycles. The third-order valence-corrected chi connectivity index (χ3v) is 22.2. The average Bonchev–Trinajstić information content (AvgIpc) is 3.91. The van der Waals surface area contributed by atoms with Crippen LogP contribution in [0.5, 0.6) is 0 Å². The Bertz CT molecular complexity index is 3900. The third kappa shape index (κ3) is 4.94. The van der Waals surface area contributed by atoms with Crippen molar-refractivity contribution in [2.75, 3.05) is 14.7 Å². The van der Waals surface area contributed by atoms with Crippen LogP contribution in [-0.4, -0.2) is 8.07 Å². The van der Waals surface area contributed by atoms with Crippen LogP contribution in [0, 0.1) is 0 Å². The van der Waals surface area contributed by atoms with Crippen LogP contribution < -0.4 is 30.3 Å². The van der Waals surface area contributed by atoms with Gasteiger partial charge in [-0.1, -0.05) is 177 Å². The summed E-state index contributed by atoms with van der Waals surface area (Å²) >= 11 is 0. The SMILES string of the molecule is CCC[Si]12c3c4cccc3N(c3ccccc3)c3cc(-c5ccc6c7c(ccc6c5)-c5ccccc5C75c6ccccc6-c6ccccc65)cc(c31)N(c1ccccc1)c1cccc(c12)N4c1ccccc1. The van der Waals surface area contributed by atoms with Gasteiger partial charge in [-0.05, 0) is 167 Å². The van der Waals surface area contributed by atoms with Crippen molar-refractivity contribution in [1.82, 2.24) is 0 Å². The van der Waals surface area contributed by atoms with Gasteiger partial charge in [-0.2, -0.15) is 0 Å². The zero-order valence-corrected chi connectivity index (χ0v) is 40.8. The number of fused-ring (bicyclic) bond motifs is 12. The van der Waals surface area contributed by atoms with Crippen LogP contribution in [0.2, 0.25) is 6.04 Å². The Morgan fingerprint density at radius 3 is 1.24 bits per heavy atom. The molecule has 4 heteroatoms. The van der Waals surface area contributed by atoms with E-state index in [1.165, 1.54) is 133 Å². The normalized spacial score (nSPS) is 15.0. The molecule has 0 fully saturated rings. The molecule has 3 aliphatic heterocycles. The van der Waals surface area contributed by atoms with Gasteiger partial charge in [0.25, 0.3) is 0 Å². The predicted octanol–water partition coefficient (Wildman–Crippen LogP) is 16.1. The van der Waals surface area contributed by atoms with Crippen LogP contribution in [0.4, 0.5) is 51.2 Å². The summed E-state index contributed by atoms with van der Waals surface area (Å²) in [5.41, 5.74) is 24.1. The largest absolute Gasteiger partial charge is 0.311 e. The summed E-state index contributed by atoms with van der Waals surface area (Å²) in [6.45, 7) is 2.40. The third-order valence-electron chi connectivity index (χ3n) is 16.8. The van der Waals surface area contributed by atoms with E-state index in [1.807, 2.05) is 0 Å². The van der Waals surface area contributed by atoms with Crippen LogP contribution in [-0.2, 0) is 5.41 Å². The minimum absolute atomic E-state index is 0.421. The molecule has 0 unspecified atom stereocenters. The molecule has 5 aliphatic rings. The Morgan fingerprint density at radius 2 is 0.764 bits per heavy atom. The van der Waals surface area contributed by atoms with Gasteiger partial charge in [-0.3, -0.25) is 0 Å². The highest BCUT2D eigenvalue weighted by molar-refractivity contribution is 7.17. The fraction of sp³-hybridized carbons (Fsp3) is 0.0588. The molecule has 0 amide bonds. The number of rotatable bonds is 6. The molecule has 1 spiro atoms. The zero-order valence-electron chi connectivity index (χ0n) is 39.8.